The van der Waals surface area contributed by atoms with Crippen LogP contribution < -0.4 is 0 Å². The first-order valence-corrected chi connectivity index (χ1v) is 5.76. The summed E-state index contributed by atoms with van der Waals surface area (Å²) in [4.78, 5) is 14.8. The number of aliphatic carboxylic acids is 1. The molecule has 82 valence electrons. The summed E-state index contributed by atoms with van der Waals surface area (Å²) in [6.45, 7) is 3.34. The number of rotatable bonds is 4. The Hall–Kier alpha value is -0.740. The Morgan fingerprint density at radius 1 is 1.67 bits per heavy atom. The molecule has 1 N–H and O–H groups in total. The number of hydrogen-bond donors (Lipinski definition) is 1. The average molecular weight is 246 g/mol. The minimum atomic E-state index is -0.826. The van der Waals surface area contributed by atoms with E-state index < -0.39 is 10.7 Å². The van der Waals surface area contributed by atoms with E-state index in [9.17, 15) is 4.79 Å². The molecule has 0 saturated heterocycles. The van der Waals surface area contributed by atoms with Crippen molar-refractivity contribution in [1.82, 2.24) is 4.98 Å². The molecule has 0 aliphatic carbocycles. The third-order valence-electron chi connectivity index (χ3n) is 1.94. The Bertz CT molecular complexity index is 368. The van der Waals surface area contributed by atoms with Crippen molar-refractivity contribution < 1.29 is 9.90 Å². The summed E-state index contributed by atoms with van der Waals surface area (Å²) in [5.41, 5.74) is 0.860. The van der Waals surface area contributed by atoms with Crippen LogP contribution in [-0.4, -0.2) is 20.8 Å². The van der Waals surface area contributed by atoms with Gasteiger partial charge in [0.2, 0.25) is 0 Å². The smallest absolute Gasteiger partial charge is 0.319 e. The second-order valence-corrected chi connectivity index (χ2v) is 5.51. The van der Waals surface area contributed by atoms with Crippen LogP contribution in [0.4, 0.5) is 0 Å². The zero-order valence-corrected chi connectivity index (χ0v) is 10.1. The first-order valence-electron chi connectivity index (χ1n) is 4.40. The fourth-order valence-corrected chi connectivity index (χ4v) is 1.99. The van der Waals surface area contributed by atoms with Crippen molar-refractivity contribution in [2.24, 2.45) is 0 Å². The normalized spacial score (nSPS) is 11.4. The van der Waals surface area contributed by atoms with Gasteiger partial charge in [0.25, 0.3) is 0 Å². The summed E-state index contributed by atoms with van der Waals surface area (Å²) in [5.74, 6) is -0.279. The van der Waals surface area contributed by atoms with E-state index in [2.05, 4.69) is 4.98 Å². The lowest BCUT2D eigenvalue weighted by molar-refractivity contribution is -0.138. The third-order valence-corrected chi connectivity index (χ3v) is 3.63. The second kappa shape index (κ2) is 4.86. The van der Waals surface area contributed by atoms with E-state index in [0.29, 0.717) is 10.9 Å². The summed E-state index contributed by atoms with van der Waals surface area (Å²) in [6, 6.07) is 3.63. The molecule has 0 bridgehead atoms. The Morgan fingerprint density at radius 2 is 2.33 bits per heavy atom. The van der Waals surface area contributed by atoms with Gasteiger partial charge in [-0.3, -0.25) is 4.79 Å². The van der Waals surface area contributed by atoms with Gasteiger partial charge in [0.1, 0.15) is 9.90 Å². The molecule has 15 heavy (non-hydrogen) atoms. The van der Waals surface area contributed by atoms with Gasteiger partial charge in [-0.05, 0) is 25.5 Å². The zero-order chi connectivity index (χ0) is 11.5. The first-order chi connectivity index (χ1) is 6.93. The topological polar surface area (TPSA) is 50.2 Å². The van der Waals surface area contributed by atoms with Crippen molar-refractivity contribution in [1.29, 1.82) is 0 Å². The van der Waals surface area contributed by atoms with E-state index in [1.807, 2.05) is 6.07 Å². The summed E-state index contributed by atoms with van der Waals surface area (Å²) in [6.07, 6.45) is 1.61. The van der Waals surface area contributed by atoms with Crippen LogP contribution in [-0.2, 0) is 10.5 Å². The molecule has 0 atom stereocenters. The van der Waals surface area contributed by atoms with Crippen molar-refractivity contribution in [3.63, 3.8) is 0 Å². The van der Waals surface area contributed by atoms with Gasteiger partial charge >= 0.3 is 5.97 Å². The highest BCUT2D eigenvalue weighted by atomic mass is 35.5. The second-order valence-electron chi connectivity index (χ2n) is 3.56. The maximum Gasteiger partial charge on any atom is 0.319 e. The third kappa shape index (κ3) is 3.39. The molecule has 1 aromatic rings. The van der Waals surface area contributed by atoms with E-state index >= 15 is 0 Å². The molecule has 3 nitrogen and oxygen atoms in total. The van der Waals surface area contributed by atoms with Crippen molar-refractivity contribution in [3.8, 4) is 0 Å². The largest absolute Gasteiger partial charge is 0.480 e. The van der Waals surface area contributed by atoms with Crippen LogP contribution >= 0.6 is 23.4 Å². The number of carboxylic acid groups (broad SMARTS) is 1. The molecule has 0 radical (unpaired) electrons. The highest BCUT2D eigenvalue weighted by Gasteiger charge is 2.27. The van der Waals surface area contributed by atoms with Gasteiger partial charge in [0.15, 0.2) is 0 Å². The number of thioether (sulfide) groups is 1. The number of carboxylic acids is 1. The molecule has 0 saturated carbocycles. The van der Waals surface area contributed by atoms with Gasteiger partial charge in [0.05, 0.1) is 0 Å². The maximum atomic E-state index is 10.9. The molecule has 0 fully saturated rings. The number of halogens is 1. The summed E-state index contributed by atoms with van der Waals surface area (Å²) >= 11 is 7.19. The predicted molar refractivity (Wildman–Crippen MR) is 62.3 cm³/mol. The number of hydrogen-bond acceptors (Lipinski definition) is 3. The van der Waals surface area contributed by atoms with Crippen molar-refractivity contribution in [2.75, 3.05) is 0 Å². The molecule has 1 rings (SSSR count). The lowest BCUT2D eigenvalue weighted by Crippen LogP contribution is -2.27. The molecule has 0 aromatic carbocycles. The van der Waals surface area contributed by atoms with Crippen LogP contribution in [0.15, 0.2) is 18.3 Å². The lowest BCUT2D eigenvalue weighted by Gasteiger charge is -2.18. The molecule has 0 amide bonds. The van der Waals surface area contributed by atoms with E-state index in [-0.39, 0.29) is 0 Å². The summed E-state index contributed by atoms with van der Waals surface area (Å²) in [5, 5.41) is 9.36. The van der Waals surface area contributed by atoms with E-state index in [1.54, 1.807) is 26.1 Å². The van der Waals surface area contributed by atoms with Crippen LogP contribution in [0.2, 0.25) is 5.15 Å². The van der Waals surface area contributed by atoms with Gasteiger partial charge in [-0.25, -0.2) is 4.98 Å². The highest BCUT2D eigenvalue weighted by molar-refractivity contribution is 8.00. The summed E-state index contributed by atoms with van der Waals surface area (Å²) in [7, 11) is 0. The highest BCUT2D eigenvalue weighted by Crippen LogP contribution is 2.29. The number of pyridine rings is 1. The van der Waals surface area contributed by atoms with Crippen LogP contribution in [0.5, 0.6) is 0 Å². The molecular formula is C10H12ClNO2S. The zero-order valence-electron chi connectivity index (χ0n) is 8.53. The van der Waals surface area contributed by atoms with Gasteiger partial charge < -0.3 is 5.11 Å². The molecule has 0 aliphatic rings. The quantitative estimate of drug-likeness (QED) is 0.829. The van der Waals surface area contributed by atoms with Gasteiger partial charge in [-0.1, -0.05) is 17.7 Å². The van der Waals surface area contributed by atoms with Crippen LogP contribution in [0.3, 0.4) is 0 Å². The molecule has 0 unspecified atom stereocenters. The summed E-state index contributed by atoms with van der Waals surface area (Å²) < 4.78 is -0.806. The molecule has 1 heterocycles. The SMILES string of the molecule is CC(C)(SCc1cccnc1Cl)C(=O)O. The van der Waals surface area contributed by atoms with E-state index in [1.165, 1.54) is 11.8 Å². The van der Waals surface area contributed by atoms with E-state index in [0.717, 1.165) is 5.56 Å². The van der Waals surface area contributed by atoms with Gasteiger partial charge in [0, 0.05) is 11.9 Å². The predicted octanol–water partition coefficient (Wildman–Crippen LogP) is 2.83. The lowest BCUT2D eigenvalue weighted by atomic mass is 10.2. The number of nitrogens with zero attached hydrogens (tertiary/aromatic N) is 1. The van der Waals surface area contributed by atoms with Crippen LogP contribution in [0, 0.1) is 0 Å². The molecule has 0 aliphatic heterocycles. The molecular weight excluding hydrogens is 234 g/mol. The number of carbonyl (C=O) groups is 1. The van der Waals surface area contributed by atoms with Gasteiger partial charge in [-0.15, -0.1) is 11.8 Å². The van der Waals surface area contributed by atoms with Crippen molar-refractivity contribution in [2.45, 2.75) is 24.3 Å². The monoisotopic (exact) mass is 245 g/mol. The Labute approximate surface area is 97.9 Å². The van der Waals surface area contributed by atoms with Gasteiger partial charge in [-0.2, -0.15) is 0 Å². The molecule has 1 aromatic heterocycles. The standard InChI is InChI=1S/C10H12ClNO2S/c1-10(2,9(13)14)15-6-7-4-3-5-12-8(7)11/h3-5H,6H2,1-2H3,(H,13,14). The fraction of sp³-hybridized carbons (Fsp3) is 0.400. The Balaban J connectivity index is 2.66. The van der Waals surface area contributed by atoms with Crippen molar-refractivity contribution in [3.05, 3.63) is 29.0 Å². The first kappa shape index (κ1) is 12.3. The number of aromatic nitrogens is 1. The van der Waals surface area contributed by atoms with Crippen LogP contribution in [0.25, 0.3) is 0 Å². The average Bonchev–Trinajstić information content (AvgIpc) is 2.16. The van der Waals surface area contributed by atoms with E-state index in [4.69, 9.17) is 16.7 Å². The Kier molecular flexibility index (Phi) is 3.99. The minimum absolute atomic E-state index is 0.436. The van der Waals surface area contributed by atoms with Crippen molar-refractivity contribution >= 4 is 29.3 Å². The maximum absolute atomic E-state index is 10.9. The van der Waals surface area contributed by atoms with Crippen LogP contribution in [0.1, 0.15) is 19.4 Å². The fourth-order valence-electron chi connectivity index (χ4n) is 0.847. The molecule has 0 spiro atoms. The molecule has 5 heteroatoms. The Morgan fingerprint density at radius 3 is 2.87 bits per heavy atom. The minimum Gasteiger partial charge on any atom is -0.480 e.